The van der Waals surface area contributed by atoms with Crippen molar-refractivity contribution in [3.63, 3.8) is 0 Å². The molecule has 0 amide bonds. The van der Waals surface area contributed by atoms with Gasteiger partial charge in [0.2, 0.25) is 0 Å². The number of allylic oxidation sites excluding steroid dienone is 2. The van der Waals surface area contributed by atoms with Gasteiger partial charge in [0.15, 0.2) is 0 Å². The minimum Gasteiger partial charge on any atom is -0.461 e. The maximum absolute atomic E-state index is 12.3. The van der Waals surface area contributed by atoms with Crippen LogP contribution in [0.5, 0.6) is 0 Å². The summed E-state index contributed by atoms with van der Waals surface area (Å²) in [5.74, 6) is -0.00176. The van der Waals surface area contributed by atoms with Gasteiger partial charge in [-0.15, -0.1) is 0 Å². The van der Waals surface area contributed by atoms with Crippen molar-refractivity contribution in [3.8, 4) is 6.07 Å². The van der Waals surface area contributed by atoms with Crippen LogP contribution in [0.2, 0.25) is 0 Å². The third-order valence-corrected chi connectivity index (χ3v) is 4.19. The van der Waals surface area contributed by atoms with Crippen molar-refractivity contribution in [1.29, 1.82) is 5.26 Å². The molecule has 1 aliphatic carbocycles. The van der Waals surface area contributed by atoms with Crippen LogP contribution in [0.4, 0.5) is 0 Å². The van der Waals surface area contributed by atoms with Crippen molar-refractivity contribution in [2.75, 3.05) is 0 Å². The molecular weight excluding hydrogens is 262 g/mol. The molecule has 1 aliphatic rings. The summed E-state index contributed by atoms with van der Waals surface area (Å²) < 4.78 is 5.42. The molecule has 1 aromatic rings. The number of hydrogen-bond acceptors (Lipinski definition) is 3. The monoisotopic (exact) mass is 283 g/mol. The lowest BCUT2D eigenvalue weighted by atomic mass is 10.1. The summed E-state index contributed by atoms with van der Waals surface area (Å²) >= 11 is 0. The quantitative estimate of drug-likeness (QED) is 0.623. The lowest BCUT2D eigenvalue weighted by Gasteiger charge is -2.07. The molecule has 0 heterocycles. The molecule has 0 radical (unpaired) electrons. The molecule has 110 valence electrons. The molecule has 3 heteroatoms. The SMILES string of the molecule is CC(C)=CC1C(C(=O)OCc2ccccc2C#N)C1(C)C. The van der Waals surface area contributed by atoms with Gasteiger partial charge in [-0.2, -0.15) is 5.26 Å². The fourth-order valence-corrected chi connectivity index (χ4v) is 2.79. The van der Waals surface area contributed by atoms with E-state index in [9.17, 15) is 4.79 Å². The van der Waals surface area contributed by atoms with Gasteiger partial charge >= 0.3 is 5.97 Å². The van der Waals surface area contributed by atoms with Crippen molar-refractivity contribution < 1.29 is 9.53 Å². The second-order valence-corrected chi connectivity index (χ2v) is 6.45. The summed E-state index contributed by atoms with van der Waals surface area (Å²) in [5, 5.41) is 9.03. The standard InChI is InChI=1S/C18H21NO2/c1-12(2)9-15-16(18(15,3)4)17(20)21-11-14-8-6-5-7-13(14)10-19/h5-9,15-16H,11H2,1-4H3. The molecule has 0 N–H and O–H groups in total. The Morgan fingerprint density at radius 1 is 1.38 bits per heavy atom. The summed E-state index contributed by atoms with van der Waals surface area (Å²) in [6.45, 7) is 8.43. The number of rotatable bonds is 4. The van der Waals surface area contributed by atoms with Crippen LogP contribution in [-0.4, -0.2) is 5.97 Å². The molecule has 1 saturated carbocycles. The highest BCUT2D eigenvalue weighted by atomic mass is 16.5. The highest BCUT2D eigenvalue weighted by molar-refractivity contribution is 5.78. The topological polar surface area (TPSA) is 50.1 Å². The molecule has 0 saturated heterocycles. The summed E-state index contributed by atoms with van der Waals surface area (Å²) in [7, 11) is 0. The number of nitrogens with zero attached hydrogens (tertiary/aromatic N) is 1. The van der Waals surface area contributed by atoms with Gasteiger partial charge in [0, 0.05) is 5.56 Å². The molecule has 1 fully saturated rings. The Labute approximate surface area is 126 Å². The smallest absolute Gasteiger partial charge is 0.310 e. The number of carbonyl (C=O) groups is 1. The zero-order valence-electron chi connectivity index (χ0n) is 13.0. The van der Waals surface area contributed by atoms with Crippen LogP contribution in [-0.2, 0) is 16.1 Å². The van der Waals surface area contributed by atoms with E-state index in [0.29, 0.717) is 5.56 Å². The van der Waals surface area contributed by atoms with E-state index < -0.39 is 0 Å². The minimum absolute atomic E-state index is 0.0386. The first-order valence-electron chi connectivity index (χ1n) is 7.17. The van der Waals surface area contributed by atoms with Gasteiger partial charge in [-0.3, -0.25) is 4.79 Å². The third-order valence-electron chi connectivity index (χ3n) is 4.19. The Kier molecular flexibility index (Phi) is 4.18. The predicted molar refractivity (Wildman–Crippen MR) is 81.1 cm³/mol. The molecule has 2 rings (SSSR count). The van der Waals surface area contributed by atoms with Gasteiger partial charge in [0.25, 0.3) is 0 Å². The van der Waals surface area contributed by atoms with Gasteiger partial charge in [0.05, 0.1) is 17.6 Å². The van der Waals surface area contributed by atoms with Crippen molar-refractivity contribution >= 4 is 5.97 Å². The molecule has 1 aromatic carbocycles. The number of hydrogen-bond donors (Lipinski definition) is 0. The first-order chi connectivity index (χ1) is 9.87. The Bertz CT molecular complexity index is 618. The molecule has 0 aliphatic heterocycles. The Morgan fingerprint density at radius 3 is 2.67 bits per heavy atom. The zero-order chi connectivity index (χ0) is 15.6. The van der Waals surface area contributed by atoms with Crippen molar-refractivity contribution in [2.24, 2.45) is 17.3 Å². The Balaban J connectivity index is 2.01. The predicted octanol–water partition coefficient (Wildman–Crippen LogP) is 3.84. The van der Waals surface area contributed by atoms with Crippen molar-refractivity contribution in [1.82, 2.24) is 0 Å². The largest absolute Gasteiger partial charge is 0.461 e. The third kappa shape index (κ3) is 3.16. The number of ether oxygens (including phenoxy) is 1. The van der Waals surface area contributed by atoms with E-state index in [1.54, 1.807) is 12.1 Å². The first kappa shape index (κ1) is 15.3. The number of nitriles is 1. The normalized spacial score (nSPS) is 22.0. The minimum atomic E-state index is -0.171. The molecule has 0 spiro atoms. The van der Waals surface area contributed by atoms with E-state index in [2.05, 4.69) is 26.0 Å². The van der Waals surface area contributed by atoms with E-state index >= 15 is 0 Å². The van der Waals surface area contributed by atoms with Crippen LogP contribution in [0.3, 0.4) is 0 Å². The maximum atomic E-state index is 12.3. The van der Waals surface area contributed by atoms with Crippen LogP contribution < -0.4 is 0 Å². The summed E-state index contributed by atoms with van der Waals surface area (Å²) in [6, 6.07) is 9.31. The molecule has 3 nitrogen and oxygen atoms in total. The number of carbonyl (C=O) groups excluding carboxylic acids is 1. The number of esters is 1. The highest BCUT2D eigenvalue weighted by Crippen LogP contribution is 2.59. The molecule has 2 unspecified atom stereocenters. The Morgan fingerprint density at radius 2 is 2.05 bits per heavy atom. The molecule has 2 atom stereocenters. The van der Waals surface area contributed by atoms with E-state index in [1.165, 1.54) is 5.57 Å². The summed E-state index contributed by atoms with van der Waals surface area (Å²) in [4.78, 5) is 12.3. The van der Waals surface area contributed by atoms with Crippen LogP contribution in [0.1, 0.15) is 38.8 Å². The van der Waals surface area contributed by atoms with Gasteiger partial charge in [-0.05, 0) is 31.2 Å². The summed E-state index contributed by atoms with van der Waals surface area (Å²) in [6.07, 6.45) is 2.15. The molecule has 0 bridgehead atoms. The van der Waals surface area contributed by atoms with Crippen LogP contribution in [0.15, 0.2) is 35.9 Å². The lowest BCUT2D eigenvalue weighted by Crippen LogP contribution is -2.11. The second-order valence-electron chi connectivity index (χ2n) is 6.45. The average Bonchev–Trinajstić information content (AvgIpc) is 2.96. The van der Waals surface area contributed by atoms with E-state index in [0.717, 1.165) is 5.56 Å². The second kappa shape index (κ2) is 5.73. The van der Waals surface area contributed by atoms with Crippen molar-refractivity contribution in [2.45, 2.75) is 34.3 Å². The van der Waals surface area contributed by atoms with Gasteiger partial charge in [-0.1, -0.05) is 43.7 Å². The fourth-order valence-electron chi connectivity index (χ4n) is 2.79. The average molecular weight is 283 g/mol. The lowest BCUT2D eigenvalue weighted by molar-refractivity contribution is -0.147. The van der Waals surface area contributed by atoms with E-state index in [1.807, 2.05) is 26.0 Å². The maximum Gasteiger partial charge on any atom is 0.310 e. The van der Waals surface area contributed by atoms with E-state index in [-0.39, 0.29) is 29.8 Å². The van der Waals surface area contributed by atoms with Crippen LogP contribution >= 0.6 is 0 Å². The molecular formula is C18H21NO2. The van der Waals surface area contributed by atoms with Crippen LogP contribution in [0.25, 0.3) is 0 Å². The van der Waals surface area contributed by atoms with E-state index in [4.69, 9.17) is 10.00 Å². The number of benzene rings is 1. The van der Waals surface area contributed by atoms with Gasteiger partial charge in [-0.25, -0.2) is 0 Å². The Hall–Kier alpha value is -2.08. The summed E-state index contributed by atoms with van der Waals surface area (Å²) in [5.41, 5.74) is 2.49. The molecule has 0 aromatic heterocycles. The first-order valence-corrected chi connectivity index (χ1v) is 7.17. The fraction of sp³-hybridized carbons (Fsp3) is 0.444. The van der Waals surface area contributed by atoms with Crippen LogP contribution in [0, 0.1) is 28.6 Å². The van der Waals surface area contributed by atoms with Gasteiger partial charge in [0.1, 0.15) is 6.61 Å². The molecule has 21 heavy (non-hydrogen) atoms. The highest BCUT2D eigenvalue weighted by Gasteiger charge is 2.61. The van der Waals surface area contributed by atoms with Gasteiger partial charge < -0.3 is 4.74 Å². The van der Waals surface area contributed by atoms with Crippen molar-refractivity contribution in [3.05, 3.63) is 47.0 Å². The zero-order valence-corrected chi connectivity index (χ0v) is 13.0.